The predicted molar refractivity (Wildman–Crippen MR) is 71.5 cm³/mol. The van der Waals surface area contributed by atoms with E-state index in [2.05, 4.69) is 5.10 Å². The van der Waals surface area contributed by atoms with Gasteiger partial charge in [0.1, 0.15) is 5.82 Å². The van der Waals surface area contributed by atoms with Crippen molar-refractivity contribution in [1.82, 2.24) is 9.78 Å². The molecule has 0 fully saturated rings. The minimum atomic E-state index is -1.59. The average molecular weight is 296 g/mol. The normalized spacial score (nSPS) is 12.3. The highest BCUT2D eigenvalue weighted by Crippen LogP contribution is 2.16. The molecule has 106 valence electrons. The van der Waals surface area contributed by atoms with E-state index in [1.807, 2.05) is 0 Å². The zero-order chi connectivity index (χ0) is 14.7. The molecule has 2 aromatic rings. The Morgan fingerprint density at radius 3 is 2.80 bits per heavy atom. The summed E-state index contributed by atoms with van der Waals surface area (Å²) < 4.78 is 27.4. The van der Waals surface area contributed by atoms with Crippen LogP contribution in [0.4, 0.5) is 4.39 Å². The molecule has 7 heteroatoms. The number of carbonyl (C=O) groups is 1. The van der Waals surface area contributed by atoms with E-state index in [1.54, 1.807) is 24.0 Å². The Kier molecular flexibility index (Phi) is 4.29. The third-order valence-corrected chi connectivity index (χ3v) is 4.27. The summed E-state index contributed by atoms with van der Waals surface area (Å²) in [6.45, 7) is 0. The quantitative estimate of drug-likeness (QED) is 0.910. The van der Waals surface area contributed by atoms with Gasteiger partial charge in [-0.2, -0.15) is 5.10 Å². The van der Waals surface area contributed by atoms with Gasteiger partial charge in [-0.25, -0.2) is 9.18 Å². The second kappa shape index (κ2) is 5.96. The lowest BCUT2D eigenvalue weighted by atomic mass is 10.2. The van der Waals surface area contributed by atoms with E-state index in [0.29, 0.717) is 6.42 Å². The van der Waals surface area contributed by atoms with Gasteiger partial charge in [0.2, 0.25) is 0 Å². The Hall–Kier alpha value is -2.02. The number of carboxylic acid groups (broad SMARTS) is 1. The fourth-order valence-corrected chi connectivity index (χ4v) is 2.92. The molecule has 0 aliphatic rings. The number of aryl methyl sites for hydroxylation is 2. The molecule has 2 rings (SSSR count). The van der Waals surface area contributed by atoms with Crippen molar-refractivity contribution in [2.45, 2.75) is 11.3 Å². The van der Waals surface area contributed by atoms with Gasteiger partial charge in [-0.3, -0.25) is 8.89 Å². The maximum atomic E-state index is 13.6. The molecule has 1 heterocycles. The zero-order valence-electron chi connectivity index (χ0n) is 10.7. The average Bonchev–Trinajstić information content (AvgIpc) is 2.81. The Labute approximate surface area is 117 Å². The van der Waals surface area contributed by atoms with Gasteiger partial charge in [-0.1, -0.05) is 0 Å². The summed E-state index contributed by atoms with van der Waals surface area (Å²) >= 11 is 0. The number of halogens is 1. The fraction of sp³-hybridized carbons (Fsp3) is 0.231. The molecule has 1 aromatic heterocycles. The molecule has 1 aromatic carbocycles. The van der Waals surface area contributed by atoms with Gasteiger partial charge in [-0.05, 0) is 24.3 Å². The Morgan fingerprint density at radius 2 is 2.20 bits per heavy atom. The minimum Gasteiger partial charge on any atom is -0.478 e. The monoisotopic (exact) mass is 296 g/mol. The lowest BCUT2D eigenvalue weighted by Gasteiger charge is -2.05. The summed E-state index contributed by atoms with van der Waals surface area (Å²) in [5.74, 6) is -1.62. The van der Waals surface area contributed by atoms with Crippen molar-refractivity contribution in [1.29, 1.82) is 0 Å². The molecule has 0 saturated heterocycles. The van der Waals surface area contributed by atoms with Gasteiger partial charge in [0.25, 0.3) is 0 Å². The van der Waals surface area contributed by atoms with Gasteiger partial charge in [0, 0.05) is 31.1 Å². The summed E-state index contributed by atoms with van der Waals surface area (Å²) in [7, 11) is 0.174. The van der Waals surface area contributed by atoms with Gasteiger partial charge >= 0.3 is 5.97 Å². The first kappa shape index (κ1) is 14.4. The van der Waals surface area contributed by atoms with Crippen LogP contribution < -0.4 is 0 Å². The number of nitrogens with zero attached hydrogens (tertiary/aromatic N) is 2. The summed E-state index contributed by atoms with van der Waals surface area (Å²) in [6, 6.07) is 5.10. The van der Waals surface area contributed by atoms with Gasteiger partial charge in [0.15, 0.2) is 0 Å². The molecule has 0 saturated carbocycles. The molecule has 20 heavy (non-hydrogen) atoms. The maximum Gasteiger partial charge on any atom is 0.335 e. The van der Waals surface area contributed by atoms with Gasteiger partial charge in [-0.15, -0.1) is 0 Å². The molecule has 1 unspecified atom stereocenters. The molecule has 1 N–H and O–H groups in total. The SMILES string of the molecule is Cn1nccc1CCS(=O)c1cc(C(=O)O)ccc1F. The van der Waals surface area contributed by atoms with Crippen molar-refractivity contribution in [2.24, 2.45) is 7.05 Å². The number of aromatic nitrogens is 2. The van der Waals surface area contributed by atoms with Crippen molar-refractivity contribution in [3.05, 3.63) is 47.5 Å². The first-order chi connectivity index (χ1) is 9.49. The van der Waals surface area contributed by atoms with E-state index >= 15 is 0 Å². The number of aromatic carboxylic acids is 1. The lowest BCUT2D eigenvalue weighted by molar-refractivity contribution is 0.0696. The lowest BCUT2D eigenvalue weighted by Crippen LogP contribution is -2.08. The molecule has 1 atom stereocenters. The number of carboxylic acids is 1. The van der Waals surface area contributed by atoms with Crippen LogP contribution in [0.5, 0.6) is 0 Å². The molecule has 0 bridgehead atoms. The highest BCUT2D eigenvalue weighted by molar-refractivity contribution is 7.85. The van der Waals surface area contributed by atoms with Crippen LogP contribution in [0.25, 0.3) is 0 Å². The minimum absolute atomic E-state index is 0.0738. The molecule has 0 radical (unpaired) electrons. The van der Waals surface area contributed by atoms with Gasteiger partial charge < -0.3 is 5.11 Å². The molecule has 5 nitrogen and oxygen atoms in total. The summed E-state index contributed by atoms with van der Waals surface area (Å²) in [4.78, 5) is 10.8. The maximum absolute atomic E-state index is 13.6. The Bertz CT molecular complexity index is 669. The first-order valence-electron chi connectivity index (χ1n) is 5.87. The molecule has 0 aliphatic carbocycles. The number of rotatable bonds is 5. The van der Waals surface area contributed by atoms with Crippen LogP contribution >= 0.6 is 0 Å². The third kappa shape index (κ3) is 3.11. The Balaban J connectivity index is 2.15. The topological polar surface area (TPSA) is 72.2 Å². The van der Waals surface area contributed by atoms with Crippen LogP contribution in [0.15, 0.2) is 35.4 Å². The fourth-order valence-electron chi connectivity index (χ4n) is 1.76. The van der Waals surface area contributed by atoms with Crippen LogP contribution in [-0.2, 0) is 24.3 Å². The van der Waals surface area contributed by atoms with Crippen molar-refractivity contribution >= 4 is 16.8 Å². The molecule has 0 amide bonds. The zero-order valence-corrected chi connectivity index (χ0v) is 11.6. The second-order valence-electron chi connectivity index (χ2n) is 4.20. The molecule has 0 aliphatic heterocycles. The number of benzene rings is 1. The van der Waals surface area contributed by atoms with Crippen molar-refractivity contribution < 1.29 is 18.5 Å². The Morgan fingerprint density at radius 1 is 1.45 bits per heavy atom. The smallest absolute Gasteiger partial charge is 0.335 e. The highest BCUT2D eigenvalue weighted by Gasteiger charge is 2.14. The van der Waals surface area contributed by atoms with Crippen LogP contribution in [-0.4, -0.2) is 30.8 Å². The van der Waals surface area contributed by atoms with Crippen molar-refractivity contribution in [2.75, 3.05) is 5.75 Å². The standard InChI is InChI=1S/C13H13FN2O3S/c1-16-10(4-6-15-16)5-7-20(19)12-8-9(13(17)18)2-3-11(12)14/h2-4,6,8H,5,7H2,1H3,(H,17,18). The first-order valence-corrected chi connectivity index (χ1v) is 7.19. The summed E-state index contributed by atoms with van der Waals surface area (Å²) in [6.07, 6.45) is 2.10. The van der Waals surface area contributed by atoms with E-state index in [-0.39, 0.29) is 16.2 Å². The third-order valence-electron chi connectivity index (χ3n) is 2.89. The molecular formula is C13H13FN2O3S. The molecular weight excluding hydrogens is 283 g/mol. The van der Waals surface area contributed by atoms with Crippen LogP contribution in [0.2, 0.25) is 0 Å². The van der Waals surface area contributed by atoms with Crippen LogP contribution in [0.3, 0.4) is 0 Å². The second-order valence-corrected chi connectivity index (χ2v) is 5.74. The van der Waals surface area contributed by atoms with Crippen LogP contribution in [0.1, 0.15) is 16.1 Å². The predicted octanol–water partition coefficient (Wildman–Crippen LogP) is 1.61. The van der Waals surface area contributed by atoms with E-state index in [0.717, 1.165) is 23.9 Å². The van der Waals surface area contributed by atoms with E-state index in [4.69, 9.17) is 5.11 Å². The highest BCUT2D eigenvalue weighted by atomic mass is 32.2. The van der Waals surface area contributed by atoms with Crippen molar-refractivity contribution in [3.8, 4) is 0 Å². The van der Waals surface area contributed by atoms with Crippen LogP contribution in [0, 0.1) is 5.82 Å². The molecule has 0 spiro atoms. The summed E-state index contributed by atoms with van der Waals surface area (Å²) in [5.41, 5.74) is 0.809. The van der Waals surface area contributed by atoms with Gasteiger partial charge in [0.05, 0.1) is 21.3 Å². The summed E-state index contributed by atoms with van der Waals surface area (Å²) in [5, 5.41) is 12.9. The largest absolute Gasteiger partial charge is 0.478 e. The van der Waals surface area contributed by atoms with E-state index in [9.17, 15) is 13.4 Å². The van der Waals surface area contributed by atoms with E-state index < -0.39 is 22.6 Å². The number of hydrogen-bond acceptors (Lipinski definition) is 3. The van der Waals surface area contributed by atoms with Crippen molar-refractivity contribution in [3.63, 3.8) is 0 Å². The number of hydrogen-bond donors (Lipinski definition) is 1. The van der Waals surface area contributed by atoms with E-state index in [1.165, 1.54) is 0 Å².